The first-order chi connectivity index (χ1) is 20.1. The molecule has 2 fully saturated rings. The first-order valence-corrected chi connectivity index (χ1v) is 14.6. The molecule has 2 atom stereocenters. The predicted octanol–water partition coefficient (Wildman–Crippen LogP) is 4.38. The average molecular weight is 567 g/mol. The van der Waals surface area contributed by atoms with Crippen LogP contribution < -0.4 is 10.6 Å². The average Bonchev–Trinajstić information content (AvgIpc) is 3.58. The van der Waals surface area contributed by atoms with Gasteiger partial charge in [-0.25, -0.2) is 9.97 Å². The Balaban J connectivity index is 1.28. The lowest BCUT2D eigenvalue weighted by Crippen LogP contribution is -2.41. The van der Waals surface area contributed by atoms with E-state index in [0.29, 0.717) is 40.6 Å². The number of hydrogen-bond acceptors (Lipinski definition) is 7. The molecule has 42 heavy (non-hydrogen) atoms. The van der Waals surface area contributed by atoms with Crippen LogP contribution in [0.1, 0.15) is 60.0 Å². The maximum absolute atomic E-state index is 13.2. The summed E-state index contributed by atoms with van der Waals surface area (Å²) in [5.74, 6) is 1.29. The summed E-state index contributed by atoms with van der Waals surface area (Å²) in [4.78, 5) is 43.7. The molecule has 2 aliphatic heterocycles. The number of anilines is 2. The molecule has 3 aromatic heterocycles. The molecule has 2 N–H and O–H groups in total. The Morgan fingerprint density at radius 3 is 2.60 bits per heavy atom. The second kappa shape index (κ2) is 10.8. The zero-order valence-electron chi connectivity index (χ0n) is 24.9. The third-order valence-electron chi connectivity index (χ3n) is 8.27. The molecule has 2 amide bonds. The number of rotatable bonds is 5. The summed E-state index contributed by atoms with van der Waals surface area (Å²) in [6.45, 7) is 9.05. The molecule has 218 valence electrons. The normalized spacial score (nSPS) is 18.6. The maximum Gasteiger partial charge on any atom is 0.270 e. The number of nitrogens with zero attached hydrogens (tertiary/aromatic N) is 6. The highest BCUT2D eigenvalue weighted by atomic mass is 16.2. The minimum Gasteiger partial charge on any atom is -0.343 e. The maximum atomic E-state index is 13.2. The largest absolute Gasteiger partial charge is 0.343 e. The molecule has 2 unspecified atom stereocenters. The van der Waals surface area contributed by atoms with Gasteiger partial charge >= 0.3 is 0 Å². The number of pyridine rings is 1. The van der Waals surface area contributed by atoms with Crippen molar-refractivity contribution >= 4 is 34.6 Å². The number of benzene rings is 1. The van der Waals surface area contributed by atoms with Crippen LogP contribution in [0.3, 0.4) is 0 Å². The van der Waals surface area contributed by atoms with Crippen LogP contribution in [0.15, 0.2) is 54.9 Å². The number of likely N-dealkylation sites (tertiary alicyclic amines) is 1. The molecule has 0 radical (unpaired) electrons. The van der Waals surface area contributed by atoms with Gasteiger partial charge in [0, 0.05) is 56.7 Å². The Bertz CT molecular complexity index is 1620. The molecule has 0 saturated carbocycles. The van der Waals surface area contributed by atoms with Crippen LogP contribution in [0.4, 0.5) is 11.8 Å². The summed E-state index contributed by atoms with van der Waals surface area (Å²) in [5, 5.41) is 7.47. The zero-order chi connectivity index (χ0) is 29.6. The van der Waals surface area contributed by atoms with Crippen molar-refractivity contribution in [3.8, 4) is 5.69 Å². The fraction of sp³-hybridized carbons (Fsp3) is 0.406. The number of hydrogen-bond donors (Lipinski definition) is 2. The van der Waals surface area contributed by atoms with E-state index in [1.54, 1.807) is 43.5 Å². The summed E-state index contributed by atoms with van der Waals surface area (Å²) in [6, 6.07) is 14.0. The van der Waals surface area contributed by atoms with E-state index in [9.17, 15) is 9.59 Å². The van der Waals surface area contributed by atoms with Crippen molar-refractivity contribution in [3.63, 3.8) is 0 Å². The Kier molecular flexibility index (Phi) is 7.18. The van der Waals surface area contributed by atoms with E-state index < -0.39 is 0 Å². The highest BCUT2D eigenvalue weighted by Crippen LogP contribution is 2.30. The van der Waals surface area contributed by atoms with Gasteiger partial charge < -0.3 is 20.4 Å². The molecule has 1 aromatic carbocycles. The number of fused-ring (bicyclic) bond motifs is 2. The highest BCUT2D eigenvalue weighted by Gasteiger charge is 2.36. The number of amides is 2. The SMILES string of the molecule is CN(C)C(=O)c1cc2cnc(Nc3ccc(C(=O)N4CC5CCCNC5C4)cn3)nc2n1-c1cccc(C(C)(C)C)c1. The molecule has 0 spiro atoms. The van der Waals surface area contributed by atoms with Gasteiger partial charge in [-0.15, -0.1) is 0 Å². The van der Waals surface area contributed by atoms with Gasteiger partial charge in [-0.1, -0.05) is 32.9 Å². The summed E-state index contributed by atoms with van der Waals surface area (Å²) >= 11 is 0. The number of piperidine rings is 1. The van der Waals surface area contributed by atoms with Gasteiger partial charge in [-0.2, -0.15) is 4.98 Å². The predicted molar refractivity (Wildman–Crippen MR) is 164 cm³/mol. The van der Waals surface area contributed by atoms with Crippen LogP contribution in [0.5, 0.6) is 0 Å². The highest BCUT2D eigenvalue weighted by molar-refractivity contribution is 5.99. The van der Waals surface area contributed by atoms with Gasteiger partial charge in [0.25, 0.3) is 11.8 Å². The third-order valence-corrected chi connectivity index (χ3v) is 8.27. The summed E-state index contributed by atoms with van der Waals surface area (Å²) < 4.78 is 1.89. The minimum absolute atomic E-state index is 0.0105. The Morgan fingerprint density at radius 2 is 1.88 bits per heavy atom. The molecule has 10 nitrogen and oxygen atoms in total. The lowest BCUT2D eigenvalue weighted by molar-refractivity contribution is 0.0784. The summed E-state index contributed by atoms with van der Waals surface area (Å²) in [6.07, 6.45) is 5.65. The lowest BCUT2D eigenvalue weighted by atomic mass is 9.87. The monoisotopic (exact) mass is 566 g/mol. The fourth-order valence-electron chi connectivity index (χ4n) is 5.91. The number of carbonyl (C=O) groups excluding carboxylic acids is 2. The van der Waals surface area contributed by atoms with Crippen molar-refractivity contribution in [3.05, 3.63) is 71.7 Å². The van der Waals surface area contributed by atoms with E-state index in [2.05, 4.69) is 53.5 Å². The first-order valence-electron chi connectivity index (χ1n) is 14.6. The van der Waals surface area contributed by atoms with Crippen LogP contribution in [0.25, 0.3) is 16.7 Å². The van der Waals surface area contributed by atoms with Crippen molar-refractivity contribution in [1.82, 2.24) is 34.6 Å². The van der Waals surface area contributed by atoms with E-state index >= 15 is 0 Å². The molecule has 0 aliphatic carbocycles. The van der Waals surface area contributed by atoms with Crippen molar-refractivity contribution in [2.45, 2.75) is 45.1 Å². The van der Waals surface area contributed by atoms with Crippen LogP contribution in [0.2, 0.25) is 0 Å². The van der Waals surface area contributed by atoms with E-state index in [1.807, 2.05) is 27.7 Å². The minimum atomic E-state index is -0.126. The van der Waals surface area contributed by atoms with Gasteiger partial charge in [-0.3, -0.25) is 14.2 Å². The molecule has 6 rings (SSSR count). The third kappa shape index (κ3) is 5.34. The second-order valence-corrected chi connectivity index (χ2v) is 12.6. The quantitative estimate of drug-likeness (QED) is 0.369. The van der Waals surface area contributed by atoms with Crippen molar-refractivity contribution < 1.29 is 9.59 Å². The molecule has 2 saturated heterocycles. The fourth-order valence-corrected chi connectivity index (χ4v) is 5.91. The molecule has 10 heteroatoms. The van der Waals surface area contributed by atoms with Crippen LogP contribution in [-0.4, -0.2) is 80.9 Å². The Hall–Kier alpha value is -4.31. The molecular formula is C32H38N8O2. The van der Waals surface area contributed by atoms with Crippen LogP contribution >= 0.6 is 0 Å². The van der Waals surface area contributed by atoms with Crippen molar-refractivity contribution in [1.29, 1.82) is 0 Å². The number of carbonyl (C=O) groups is 2. The summed E-state index contributed by atoms with van der Waals surface area (Å²) in [7, 11) is 3.48. The Labute approximate surface area is 246 Å². The number of nitrogens with one attached hydrogen (secondary N) is 2. The molecule has 4 aromatic rings. The van der Waals surface area contributed by atoms with Gasteiger partial charge in [0.1, 0.15) is 11.5 Å². The molecular weight excluding hydrogens is 528 g/mol. The van der Waals surface area contributed by atoms with Crippen molar-refractivity contribution in [2.75, 3.05) is 39.0 Å². The zero-order valence-corrected chi connectivity index (χ0v) is 24.9. The van der Waals surface area contributed by atoms with E-state index in [0.717, 1.165) is 36.3 Å². The number of aromatic nitrogens is 4. The smallest absolute Gasteiger partial charge is 0.270 e. The lowest BCUT2D eigenvalue weighted by Gasteiger charge is -2.24. The van der Waals surface area contributed by atoms with E-state index in [1.165, 1.54) is 12.8 Å². The van der Waals surface area contributed by atoms with E-state index in [4.69, 9.17) is 4.98 Å². The van der Waals surface area contributed by atoms with Crippen LogP contribution in [0, 0.1) is 5.92 Å². The van der Waals surface area contributed by atoms with E-state index in [-0.39, 0.29) is 17.2 Å². The topological polar surface area (TPSA) is 108 Å². The summed E-state index contributed by atoms with van der Waals surface area (Å²) in [5.41, 5.74) is 3.63. The van der Waals surface area contributed by atoms with Crippen LogP contribution in [-0.2, 0) is 5.41 Å². The molecule has 5 heterocycles. The van der Waals surface area contributed by atoms with Gasteiger partial charge in [0.05, 0.1) is 5.56 Å². The standard InChI is InChI=1S/C32H38N8O2/c1-32(2,3)23-9-6-10-24(15-23)40-26(30(42)38(4)5)14-22-17-35-31(37-28(22)40)36-27-12-11-20(16-34-27)29(41)39-18-21-8-7-13-33-25(21)19-39/h6,9-12,14-17,21,25,33H,7-8,13,18-19H2,1-5H3,(H,34,35,36,37). The first kappa shape index (κ1) is 27.8. The van der Waals surface area contributed by atoms with Gasteiger partial charge in [0.15, 0.2) is 5.65 Å². The molecule has 2 aliphatic rings. The van der Waals surface area contributed by atoms with Crippen molar-refractivity contribution in [2.24, 2.45) is 5.92 Å². The van der Waals surface area contributed by atoms with Gasteiger partial charge in [-0.05, 0) is 66.6 Å². The molecule has 0 bridgehead atoms. The second-order valence-electron chi connectivity index (χ2n) is 12.6. The van der Waals surface area contributed by atoms with Gasteiger partial charge in [0.2, 0.25) is 5.95 Å². The Morgan fingerprint density at radius 1 is 1.05 bits per heavy atom.